The summed E-state index contributed by atoms with van der Waals surface area (Å²) >= 11 is 0. The fourth-order valence-electron chi connectivity index (χ4n) is 3.28. The van der Waals surface area contributed by atoms with Gasteiger partial charge in [0.15, 0.2) is 0 Å². The van der Waals surface area contributed by atoms with Gasteiger partial charge in [0, 0.05) is 44.5 Å². The zero-order valence-corrected chi connectivity index (χ0v) is 17.5. The van der Waals surface area contributed by atoms with Gasteiger partial charge in [0.25, 0.3) is 5.91 Å². The first-order valence-electron chi connectivity index (χ1n) is 9.31. The molecule has 0 aliphatic carbocycles. The Hall–Kier alpha value is -3.14. The highest BCUT2D eigenvalue weighted by atomic mass is 32.2. The molecule has 0 radical (unpaired) electrons. The highest BCUT2D eigenvalue weighted by Gasteiger charge is 2.25. The number of benzene rings is 2. The van der Waals surface area contributed by atoms with Crippen LogP contribution in [0, 0.1) is 5.82 Å². The Bertz CT molecular complexity index is 1050. The Morgan fingerprint density at radius 1 is 1.00 bits per heavy atom. The molecule has 30 heavy (non-hydrogen) atoms. The van der Waals surface area contributed by atoms with E-state index in [0.717, 1.165) is 11.9 Å². The van der Waals surface area contributed by atoms with Crippen molar-refractivity contribution in [2.75, 3.05) is 47.4 Å². The van der Waals surface area contributed by atoms with Crippen molar-refractivity contribution in [1.82, 2.24) is 4.90 Å². The molecule has 0 unspecified atom stereocenters. The summed E-state index contributed by atoms with van der Waals surface area (Å²) in [4.78, 5) is 28.2. The molecular weight excluding hydrogens is 411 g/mol. The first kappa shape index (κ1) is 21.6. The van der Waals surface area contributed by atoms with Crippen molar-refractivity contribution in [1.29, 1.82) is 0 Å². The topological polar surface area (TPSA) is 98.8 Å². The summed E-state index contributed by atoms with van der Waals surface area (Å²) in [7, 11) is -3.60. The predicted molar refractivity (Wildman–Crippen MR) is 114 cm³/mol. The molecule has 1 aliphatic heterocycles. The Balaban J connectivity index is 1.79. The highest BCUT2D eigenvalue weighted by Crippen LogP contribution is 2.25. The number of nitrogens with zero attached hydrogens (tertiary/aromatic N) is 2. The van der Waals surface area contributed by atoms with Crippen LogP contribution in [-0.4, -0.2) is 57.6 Å². The van der Waals surface area contributed by atoms with Gasteiger partial charge in [-0.15, -0.1) is 0 Å². The third-order valence-corrected chi connectivity index (χ3v) is 5.22. The second-order valence-electron chi connectivity index (χ2n) is 7.07. The molecule has 1 fully saturated rings. The van der Waals surface area contributed by atoms with Gasteiger partial charge in [0.2, 0.25) is 15.9 Å². The van der Waals surface area contributed by atoms with Gasteiger partial charge in [-0.3, -0.25) is 14.3 Å². The van der Waals surface area contributed by atoms with E-state index in [4.69, 9.17) is 0 Å². The van der Waals surface area contributed by atoms with Gasteiger partial charge in [-0.05, 0) is 42.5 Å². The van der Waals surface area contributed by atoms with E-state index in [1.165, 1.54) is 37.3 Å². The molecule has 8 nitrogen and oxygen atoms in total. The minimum Gasteiger partial charge on any atom is -0.368 e. The van der Waals surface area contributed by atoms with Crippen molar-refractivity contribution >= 4 is 38.9 Å². The summed E-state index contributed by atoms with van der Waals surface area (Å²) in [6.07, 6.45) is 1.00. The third kappa shape index (κ3) is 5.47. The normalized spacial score (nSPS) is 14.4. The first-order valence-corrected chi connectivity index (χ1v) is 11.2. The number of hydrogen-bond donors (Lipinski definition) is 2. The smallest absolute Gasteiger partial charge is 0.256 e. The first-order chi connectivity index (χ1) is 14.1. The number of anilines is 3. The van der Waals surface area contributed by atoms with Crippen LogP contribution in [0.4, 0.5) is 21.5 Å². The lowest BCUT2D eigenvalue weighted by Crippen LogP contribution is -2.49. The molecule has 2 amide bonds. The van der Waals surface area contributed by atoms with Crippen molar-refractivity contribution in [3.63, 3.8) is 0 Å². The van der Waals surface area contributed by atoms with Crippen molar-refractivity contribution in [2.24, 2.45) is 0 Å². The Labute approximate surface area is 174 Å². The lowest BCUT2D eigenvalue weighted by atomic mass is 10.1. The van der Waals surface area contributed by atoms with Crippen LogP contribution in [-0.2, 0) is 14.8 Å². The molecule has 1 aliphatic rings. The number of carbonyl (C=O) groups is 2. The molecule has 0 aromatic heterocycles. The Morgan fingerprint density at radius 3 is 2.20 bits per heavy atom. The van der Waals surface area contributed by atoms with Gasteiger partial charge in [-0.1, -0.05) is 0 Å². The molecule has 1 heterocycles. The summed E-state index contributed by atoms with van der Waals surface area (Å²) in [5, 5.41) is 2.60. The quantitative estimate of drug-likeness (QED) is 0.751. The van der Waals surface area contributed by atoms with E-state index in [1.807, 2.05) is 4.90 Å². The van der Waals surface area contributed by atoms with E-state index in [-0.39, 0.29) is 28.9 Å². The number of hydrogen-bond acceptors (Lipinski definition) is 5. The Morgan fingerprint density at radius 2 is 1.63 bits per heavy atom. The standard InChI is InChI=1S/C20H23FN4O4S/c1-14(26)22-16-5-8-19(23-30(2,28)29)18(13-16)20(27)25-11-9-24(10-12-25)17-6-3-15(21)4-7-17/h3-8,13,23H,9-12H2,1-2H3,(H,22,26). The number of piperazine rings is 1. The van der Waals surface area contributed by atoms with E-state index < -0.39 is 10.0 Å². The third-order valence-electron chi connectivity index (χ3n) is 4.62. The molecule has 10 heteroatoms. The average Bonchev–Trinajstić information content (AvgIpc) is 2.68. The fraction of sp³-hybridized carbons (Fsp3) is 0.300. The van der Waals surface area contributed by atoms with Gasteiger partial charge in [0.1, 0.15) is 5.82 Å². The van der Waals surface area contributed by atoms with Gasteiger partial charge < -0.3 is 15.1 Å². The molecule has 0 saturated carbocycles. The summed E-state index contributed by atoms with van der Waals surface area (Å²) in [6, 6.07) is 10.6. The van der Waals surface area contributed by atoms with Crippen molar-refractivity contribution in [2.45, 2.75) is 6.92 Å². The second-order valence-corrected chi connectivity index (χ2v) is 8.82. The molecule has 2 aromatic rings. The SMILES string of the molecule is CC(=O)Nc1ccc(NS(C)(=O)=O)c(C(=O)N2CCN(c3ccc(F)cc3)CC2)c1. The number of rotatable bonds is 5. The van der Waals surface area contributed by atoms with Crippen LogP contribution >= 0.6 is 0 Å². The molecule has 3 rings (SSSR count). The van der Waals surface area contributed by atoms with Crippen LogP contribution in [0.25, 0.3) is 0 Å². The number of sulfonamides is 1. The Kier molecular flexibility index (Phi) is 6.25. The predicted octanol–water partition coefficient (Wildman–Crippen LogP) is 2.12. The maximum atomic E-state index is 13.1. The molecular formula is C20H23FN4O4S. The van der Waals surface area contributed by atoms with Crippen molar-refractivity contribution < 1.29 is 22.4 Å². The highest BCUT2D eigenvalue weighted by molar-refractivity contribution is 7.92. The summed E-state index contributed by atoms with van der Waals surface area (Å²) in [5.74, 6) is -0.949. The average molecular weight is 434 g/mol. The number of nitrogens with one attached hydrogen (secondary N) is 2. The van der Waals surface area contributed by atoms with Gasteiger partial charge >= 0.3 is 0 Å². The number of carbonyl (C=O) groups excluding carboxylic acids is 2. The van der Waals surface area contributed by atoms with Crippen LogP contribution in [0.15, 0.2) is 42.5 Å². The maximum absolute atomic E-state index is 13.1. The van der Waals surface area contributed by atoms with Gasteiger partial charge in [0.05, 0.1) is 17.5 Å². The summed E-state index contributed by atoms with van der Waals surface area (Å²) < 4.78 is 38.9. The van der Waals surface area contributed by atoms with Crippen molar-refractivity contribution in [3.8, 4) is 0 Å². The van der Waals surface area contributed by atoms with E-state index in [2.05, 4.69) is 10.0 Å². The second kappa shape index (κ2) is 8.70. The van der Waals surface area contributed by atoms with Crippen LogP contribution in [0.5, 0.6) is 0 Å². The van der Waals surface area contributed by atoms with Gasteiger partial charge in [-0.25, -0.2) is 12.8 Å². The van der Waals surface area contributed by atoms with Gasteiger partial charge in [-0.2, -0.15) is 0 Å². The molecule has 0 atom stereocenters. The fourth-order valence-corrected chi connectivity index (χ4v) is 3.86. The molecule has 160 valence electrons. The van der Waals surface area contributed by atoms with E-state index in [0.29, 0.717) is 31.9 Å². The maximum Gasteiger partial charge on any atom is 0.256 e. The van der Waals surface area contributed by atoms with E-state index in [1.54, 1.807) is 17.0 Å². The lowest BCUT2D eigenvalue weighted by molar-refractivity contribution is -0.114. The molecule has 2 aromatic carbocycles. The monoisotopic (exact) mass is 434 g/mol. The van der Waals surface area contributed by atoms with Crippen LogP contribution < -0.4 is 14.9 Å². The minimum atomic E-state index is -3.60. The number of halogens is 1. The molecule has 1 saturated heterocycles. The molecule has 0 spiro atoms. The van der Waals surface area contributed by atoms with E-state index in [9.17, 15) is 22.4 Å². The largest absolute Gasteiger partial charge is 0.368 e. The number of amides is 2. The molecule has 2 N–H and O–H groups in total. The lowest BCUT2D eigenvalue weighted by Gasteiger charge is -2.36. The molecule has 0 bridgehead atoms. The summed E-state index contributed by atoms with van der Waals surface area (Å²) in [6.45, 7) is 3.28. The van der Waals surface area contributed by atoms with Crippen molar-refractivity contribution in [3.05, 3.63) is 53.8 Å². The van der Waals surface area contributed by atoms with Crippen LogP contribution in [0.2, 0.25) is 0 Å². The van der Waals surface area contributed by atoms with E-state index >= 15 is 0 Å². The van der Waals surface area contributed by atoms with Crippen LogP contribution in [0.1, 0.15) is 17.3 Å². The zero-order chi connectivity index (χ0) is 21.9. The minimum absolute atomic E-state index is 0.151. The van der Waals surface area contributed by atoms with Crippen LogP contribution in [0.3, 0.4) is 0 Å². The summed E-state index contributed by atoms with van der Waals surface area (Å²) in [5.41, 5.74) is 1.57. The zero-order valence-electron chi connectivity index (χ0n) is 16.7.